The number of aromatic amines is 1. The minimum Gasteiger partial charge on any atom is -0.448 e. The maximum Gasteiger partial charge on any atom is 0.307 e. The molecule has 12 heteroatoms. The number of ether oxygens (including phenoxy) is 1. The van der Waals surface area contributed by atoms with Gasteiger partial charge in [0, 0.05) is 18.6 Å². The van der Waals surface area contributed by atoms with Crippen LogP contribution >= 0.6 is 0 Å². The number of halogens is 4. The van der Waals surface area contributed by atoms with Crippen molar-refractivity contribution < 1.29 is 31.9 Å². The molecule has 2 heterocycles. The molecule has 1 aliphatic heterocycles. The lowest BCUT2D eigenvalue weighted by Crippen LogP contribution is -2.53. The quantitative estimate of drug-likeness (QED) is 0.420. The number of aryl methyl sites for hydroxylation is 1. The molecule has 206 valence electrons. The summed E-state index contributed by atoms with van der Waals surface area (Å²) in [5.74, 6) is -6.89. The fourth-order valence-corrected chi connectivity index (χ4v) is 4.62. The molecule has 3 aromatic rings. The topological polar surface area (TPSA) is 104 Å². The van der Waals surface area contributed by atoms with Gasteiger partial charge in [0.2, 0.25) is 5.91 Å². The first-order chi connectivity index (χ1) is 18.3. The first-order valence-corrected chi connectivity index (χ1v) is 12.1. The predicted molar refractivity (Wildman–Crippen MR) is 133 cm³/mol. The van der Waals surface area contributed by atoms with E-state index in [4.69, 9.17) is 4.74 Å². The van der Waals surface area contributed by atoms with Crippen LogP contribution in [-0.2, 0) is 4.79 Å². The number of alkyl halides is 2. The molecule has 1 unspecified atom stereocenters. The summed E-state index contributed by atoms with van der Waals surface area (Å²) >= 11 is 0. The fraction of sp³-hybridized carbons (Fsp3) is 0.333. The molecule has 3 atom stereocenters. The number of hydrogen-bond acceptors (Lipinski definition) is 5. The third kappa shape index (κ3) is 6.10. The number of aromatic nitrogens is 2. The van der Waals surface area contributed by atoms with E-state index >= 15 is 0 Å². The number of nitrogens with zero attached hydrogens (tertiary/aromatic N) is 2. The second-order valence-electron chi connectivity index (χ2n) is 9.51. The highest BCUT2D eigenvalue weighted by atomic mass is 19.3. The fourth-order valence-electron chi connectivity index (χ4n) is 4.62. The number of likely N-dealkylation sites (tertiary alicyclic amines) is 1. The van der Waals surface area contributed by atoms with Crippen LogP contribution in [0.15, 0.2) is 53.3 Å². The maximum absolute atomic E-state index is 14.7. The van der Waals surface area contributed by atoms with Gasteiger partial charge in [0.1, 0.15) is 11.9 Å². The summed E-state index contributed by atoms with van der Waals surface area (Å²) in [5.41, 5.74) is -0.0433. The highest BCUT2D eigenvalue weighted by molar-refractivity contribution is 5.97. The van der Waals surface area contributed by atoms with E-state index in [0.717, 1.165) is 17.0 Å². The number of hydrogen-bond donors (Lipinski definition) is 2. The molecule has 4 rings (SSSR count). The monoisotopic (exact) mass is 546 g/mol. The van der Waals surface area contributed by atoms with E-state index in [1.54, 1.807) is 13.0 Å². The molecular formula is C27H26F4N4O4. The summed E-state index contributed by atoms with van der Waals surface area (Å²) in [6, 6.07) is 6.42. The lowest BCUT2D eigenvalue weighted by atomic mass is 10.0. The number of amides is 2. The summed E-state index contributed by atoms with van der Waals surface area (Å²) in [4.78, 5) is 39.0. The van der Waals surface area contributed by atoms with Crippen molar-refractivity contribution >= 4 is 11.8 Å². The number of benzene rings is 2. The Hall–Kier alpha value is -4.22. The smallest absolute Gasteiger partial charge is 0.307 e. The van der Waals surface area contributed by atoms with Crippen LogP contribution in [0.3, 0.4) is 0 Å². The highest BCUT2D eigenvalue weighted by Crippen LogP contribution is 2.42. The third-order valence-corrected chi connectivity index (χ3v) is 6.49. The van der Waals surface area contributed by atoms with E-state index < -0.39 is 53.1 Å². The molecular weight excluding hydrogens is 520 g/mol. The van der Waals surface area contributed by atoms with Crippen LogP contribution < -0.4 is 15.6 Å². The molecule has 1 aromatic heterocycles. The van der Waals surface area contributed by atoms with Gasteiger partial charge in [-0.15, -0.1) is 0 Å². The first kappa shape index (κ1) is 27.8. The molecule has 0 bridgehead atoms. The summed E-state index contributed by atoms with van der Waals surface area (Å²) in [6.45, 7) is 3.64. The Bertz CT molecular complexity index is 1460. The maximum atomic E-state index is 14.7. The van der Waals surface area contributed by atoms with E-state index in [-0.39, 0.29) is 29.9 Å². The Balaban J connectivity index is 1.51. The standard InChI is InChI=1S/C27H26F4N4O4/c1-14-11-22(25(37)34-33-14)39-21-9-7-17(13-19(21)29)24(36)32-15(2)26(38)35-20(8-10-23(35)27(3,30)31)16-5-4-6-18(28)12-16/h4-7,9,11-13,15,20,23H,8,10H2,1-3H3,(H,32,36)(H,34,37)/t15?,20-,23+/m0/s1. The van der Waals surface area contributed by atoms with Crippen molar-refractivity contribution in [3.63, 3.8) is 0 Å². The van der Waals surface area contributed by atoms with Crippen LogP contribution in [0.1, 0.15) is 54.3 Å². The van der Waals surface area contributed by atoms with Gasteiger partial charge < -0.3 is 15.0 Å². The molecule has 0 spiro atoms. The van der Waals surface area contributed by atoms with Gasteiger partial charge in [-0.05, 0) is 62.6 Å². The zero-order chi connectivity index (χ0) is 28.5. The molecule has 2 aromatic carbocycles. The van der Waals surface area contributed by atoms with E-state index in [1.807, 2.05) is 0 Å². The normalized spacial score (nSPS) is 18.1. The highest BCUT2D eigenvalue weighted by Gasteiger charge is 2.49. The Morgan fingerprint density at radius 2 is 1.87 bits per heavy atom. The van der Waals surface area contributed by atoms with Crippen LogP contribution in [0.25, 0.3) is 0 Å². The van der Waals surface area contributed by atoms with Gasteiger partial charge in [-0.3, -0.25) is 14.4 Å². The zero-order valence-electron chi connectivity index (χ0n) is 21.3. The third-order valence-electron chi connectivity index (χ3n) is 6.49. The number of carbonyl (C=O) groups is 2. The Morgan fingerprint density at radius 3 is 2.54 bits per heavy atom. The van der Waals surface area contributed by atoms with Crippen molar-refractivity contribution in [2.24, 2.45) is 0 Å². The van der Waals surface area contributed by atoms with Gasteiger partial charge in [-0.25, -0.2) is 22.7 Å². The van der Waals surface area contributed by atoms with Crippen molar-refractivity contribution in [1.29, 1.82) is 0 Å². The van der Waals surface area contributed by atoms with Crippen LogP contribution in [-0.4, -0.2) is 44.9 Å². The minimum absolute atomic E-state index is 0.0103. The molecule has 8 nitrogen and oxygen atoms in total. The second-order valence-corrected chi connectivity index (χ2v) is 9.51. The molecule has 0 saturated carbocycles. The number of carbonyl (C=O) groups excluding carboxylic acids is 2. The summed E-state index contributed by atoms with van der Waals surface area (Å²) < 4.78 is 62.7. The van der Waals surface area contributed by atoms with Gasteiger partial charge in [0.05, 0.1) is 17.8 Å². The average Bonchev–Trinajstić information content (AvgIpc) is 3.33. The molecule has 1 fully saturated rings. The Labute approximate surface area is 221 Å². The summed E-state index contributed by atoms with van der Waals surface area (Å²) in [6.07, 6.45) is 0.181. The van der Waals surface area contributed by atoms with Gasteiger partial charge in [0.25, 0.3) is 11.8 Å². The van der Waals surface area contributed by atoms with Crippen molar-refractivity contribution in [2.75, 3.05) is 0 Å². The molecule has 2 N–H and O–H groups in total. The predicted octanol–water partition coefficient (Wildman–Crippen LogP) is 4.65. The summed E-state index contributed by atoms with van der Waals surface area (Å²) in [7, 11) is 0. The van der Waals surface area contributed by atoms with Gasteiger partial charge in [-0.1, -0.05) is 12.1 Å². The van der Waals surface area contributed by atoms with Crippen molar-refractivity contribution in [1.82, 2.24) is 20.4 Å². The van der Waals surface area contributed by atoms with Crippen molar-refractivity contribution in [3.05, 3.63) is 87.3 Å². The van der Waals surface area contributed by atoms with Gasteiger partial charge in [-0.2, -0.15) is 5.10 Å². The number of nitrogens with one attached hydrogen (secondary N) is 2. The van der Waals surface area contributed by atoms with Gasteiger partial charge in [0.15, 0.2) is 17.3 Å². The molecule has 1 saturated heterocycles. The van der Waals surface area contributed by atoms with Crippen molar-refractivity contribution in [3.8, 4) is 11.5 Å². The van der Waals surface area contributed by atoms with E-state index in [1.165, 1.54) is 37.3 Å². The van der Waals surface area contributed by atoms with E-state index in [9.17, 15) is 31.9 Å². The second kappa shape index (κ2) is 10.9. The van der Waals surface area contributed by atoms with Crippen LogP contribution in [0.5, 0.6) is 11.5 Å². The number of H-pyrrole nitrogens is 1. The van der Waals surface area contributed by atoms with Gasteiger partial charge >= 0.3 is 5.56 Å². The van der Waals surface area contributed by atoms with Crippen LogP contribution in [0, 0.1) is 18.6 Å². The van der Waals surface area contributed by atoms with Crippen molar-refractivity contribution in [2.45, 2.75) is 57.7 Å². The zero-order valence-corrected chi connectivity index (χ0v) is 21.3. The minimum atomic E-state index is -3.24. The van der Waals surface area contributed by atoms with E-state index in [0.29, 0.717) is 18.2 Å². The molecule has 2 amide bonds. The Kier molecular flexibility index (Phi) is 7.75. The molecule has 0 aliphatic carbocycles. The lowest BCUT2D eigenvalue weighted by Gasteiger charge is -2.35. The average molecular weight is 547 g/mol. The molecule has 39 heavy (non-hydrogen) atoms. The van der Waals surface area contributed by atoms with Crippen LogP contribution in [0.2, 0.25) is 0 Å². The summed E-state index contributed by atoms with van der Waals surface area (Å²) in [5, 5.41) is 8.33. The lowest BCUT2D eigenvalue weighted by molar-refractivity contribution is -0.144. The number of rotatable bonds is 7. The SMILES string of the molecule is Cc1cc(Oc2ccc(C(=O)NC(C)C(=O)N3[C@H](c4cccc(F)c4)CC[C@@H]3C(C)(F)F)cc2F)c(=O)[nH]n1. The largest absolute Gasteiger partial charge is 0.448 e. The first-order valence-electron chi connectivity index (χ1n) is 12.1. The molecule has 0 radical (unpaired) electrons. The Morgan fingerprint density at radius 1 is 1.13 bits per heavy atom. The van der Waals surface area contributed by atoms with Crippen LogP contribution in [0.4, 0.5) is 17.6 Å². The molecule has 1 aliphatic rings. The van der Waals surface area contributed by atoms with E-state index in [2.05, 4.69) is 15.5 Å².